The predicted molar refractivity (Wildman–Crippen MR) is 87.5 cm³/mol. The van der Waals surface area contributed by atoms with E-state index < -0.39 is 5.60 Å². The summed E-state index contributed by atoms with van der Waals surface area (Å²) >= 11 is 0. The Labute approximate surface area is 130 Å². The van der Waals surface area contributed by atoms with Gasteiger partial charge in [-0.25, -0.2) is 4.79 Å². The van der Waals surface area contributed by atoms with Crippen LogP contribution in [-0.2, 0) is 4.74 Å². The summed E-state index contributed by atoms with van der Waals surface area (Å²) < 4.78 is 5.62. The van der Waals surface area contributed by atoms with E-state index in [1.165, 1.54) is 0 Å². The van der Waals surface area contributed by atoms with Gasteiger partial charge in [0.2, 0.25) is 0 Å². The number of hydrogen-bond acceptors (Lipinski definition) is 3. The lowest BCUT2D eigenvalue weighted by molar-refractivity contribution is -0.0122. The molecule has 21 heavy (non-hydrogen) atoms. The van der Waals surface area contributed by atoms with Crippen LogP contribution in [-0.4, -0.2) is 41.8 Å². The molecule has 1 atom stereocenters. The molecule has 124 valence electrons. The number of likely N-dealkylation sites (tertiary alicyclic amines) is 1. The maximum absolute atomic E-state index is 12.6. The van der Waals surface area contributed by atoms with E-state index in [0.717, 1.165) is 25.8 Å². The van der Waals surface area contributed by atoms with Gasteiger partial charge in [0.15, 0.2) is 0 Å². The van der Waals surface area contributed by atoms with E-state index >= 15 is 0 Å². The van der Waals surface area contributed by atoms with Gasteiger partial charge in [-0.3, -0.25) is 0 Å². The smallest absolute Gasteiger partial charge is 0.410 e. The van der Waals surface area contributed by atoms with Crippen molar-refractivity contribution >= 4 is 6.09 Å². The fraction of sp³-hybridized carbons (Fsp3) is 0.941. The second kappa shape index (κ2) is 6.15. The van der Waals surface area contributed by atoms with Crippen molar-refractivity contribution in [3.63, 3.8) is 0 Å². The topological polar surface area (TPSA) is 41.6 Å². The zero-order valence-electron chi connectivity index (χ0n) is 15.2. The molecule has 1 heterocycles. The molecule has 0 aromatic heterocycles. The fourth-order valence-corrected chi connectivity index (χ4v) is 2.82. The van der Waals surface area contributed by atoms with Crippen molar-refractivity contribution < 1.29 is 9.53 Å². The first kappa shape index (κ1) is 18.3. The molecule has 1 unspecified atom stereocenters. The van der Waals surface area contributed by atoms with E-state index in [1.54, 1.807) is 0 Å². The first-order valence-electron chi connectivity index (χ1n) is 8.04. The van der Waals surface area contributed by atoms with E-state index in [4.69, 9.17) is 4.74 Å². The van der Waals surface area contributed by atoms with Crippen LogP contribution in [0.1, 0.15) is 67.7 Å². The fourth-order valence-electron chi connectivity index (χ4n) is 2.82. The van der Waals surface area contributed by atoms with E-state index in [-0.39, 0.29) is 23.1 Å². The highest BCUT2D eigenvalue weighted by Gasteiger charge is 2.39. The summed E-state index contributed by atoms with van der Waals surface area (Å²) in [6, 6.07) is 0.246. The minimum Gasteiger partial charge on any atom is -0.444 e. The molecule has 1 saturated heterocycles. The van der Waals surface area contributed by atoms with Crippen molar-refractivity contribution in [3.8, 4) is 0 Å². The zero-order chi connectivity index (χ0) is 16.5. The monoisotopic (exact) mass is 298 g/mol. The molecule has 0 bridgehead atoms. The molecule has 1 amide bonds. The lowest BCUT2D eigenvalue weighted by Crippen LogP contribution is -2.54. The summed E-state index contributed by atoms with van der Waals surface area (Å²) in [5.41, 5.74) is -0.259. The van der Waals surface area contributed by atoms with Gasteiger partial charge >= 0.3 is 6.09 Å². The van der Waals surface area contributed by atoms with Gasteiger partial charge in [0.1, 0.15) is 5.60 Å². The average Bonchev–Trinajstić information content (AvgIpc) is 2.29. The van der Waals surface area contributed by atoms with Crippen LogP contribution in [0.3, 0.4) is 0 Å². The molecule has 1 aliphatic heterocycles. The van der Waals surface area contributed by atoms with Crippen LogP contribution in [0.5, 0.6) is 0 Å². The molecular formula is C17H34N2O2. The van der Waals surface area contributed by atoms with Gasteiger partial charge in [0, 0.05) is 18.1 Å². The number of hydrogen-bond donors (Lipinski definition) is 1. The molecule has 0 radical (unpaired) electrons. The number of piperidine rings is 1. The van der Waals surface area contributed by atoms with Crippen LogP contribution in [0.25, 0.3) is 0 Å². The molecule has 0 saturated carbocycles. The molecule has 0 spiro atoms. The van der Waals surface area contributed by atoms with Crippen LogP contribution in [0.15, 0.2) is 0 Å². The molecule has 0 aliphatic carbocycles. The number of amides is 1. The average molecular weight is 298 g/mol. The predicted octanol–water partition coefficient (Wildman–Crippen LogP) is 3.80. The van der Waals surface area contributed by atoms with Crippen LogP contribution in [0, 0.1) is 5.41 Å². The van der Waals surface area contributed by atoms with Crippen molar-refractivity contribution in [2.45, 2.75) is 84.9 Å². The number of nitrogens with zero attached hydrogens (tertiary/aromatic N) is 1. The Bertz CT molecular complexity index is 369. The first-order chi connectivity index (χ1) is 9.35. The molecule has 4 heteroatoms. The van der Waals surface area contributed by atoms with Gasteiger partial charge in [-0.05, 0) is 66.3 Å². The Morgan fingerprint density at radius 1 is 1.29 bits per heavy atom. The number of rotatable bonds is 3. The summed E-state index contributed by atoms with van der Waals surface area (Å²) in [5, 5.41) is 3.34. The number of nitrogens with one attached hydrogen (secondary N) is 1. The highest BCUT2D eigenvalue weighted by Crippen LogP contribution is 2.35. The van der Waals surface area contributed by atoms with Gasteiger partial charge in [-0.1, -0.05) is 13.8 Å². The Morgan fingerprint density at radius 2 is 1.86 bits per heavy atom. The third-order valence-corrected chi connectivity index (χ3v) is 4.24. The molecule has 1 rings (SSSR count). The molecule has 1 N–H and O–H groups in total. The lowest BCUT2D eigenvalue weighted by atomic mass is 9.78. The van der Waals surface area contributed by atoms with Gasteiger partial charge in [-0.15, -0.1) is 0 Å². The zero-order valence-corrected chi connectivity index (χ0v) is 15.2. The normalized spacial score (nSPS) is 23.0. The highest BCUT2D eigenvalue weighted by molar-refractivity contribution is 5.68. The van der Waals surface area contributed by atoms with Crippen LogP contribution in [0.4, 0.5) is 4.79 Å². The maximum atomic E-state index is 12.6. The Balaban J connectivity index is 2.87. The van der Waals surface area contributed by atoms with Crippen LogP contribution in [0.2, 0.25) is 0 Å². The Hall–Kier alpha value is -0.770. The minimum absolute atomic E-state index is 0.0203. The van der Waals surface area contributed by atoms with Crippen molar-refractivity contribution in [1.29, 1.82) is 0 Å². The highest BCUT2D eigenvalue weighted by atomic mass is 16.6. The largest absolute Gasteiger partial charge is 0.444 e. The van der Waals surface area contributed by atoms with Gasteiger partial charge < -0.3 is 15.0 Å². The summed E-state index contributed by atoms with van der Waals surface area (Å²) in [4.78, 5) is 14.5. The molecule has 1 aliphatic rings. The molecule has 0 aromatic rings. The summed E-state index contributed by atoms with van der Waals surface area (Å²) in [7, 11) is 1.98. The standard InChI is InChI=1S/C17H34N2O2/c1-15(2,3)21-14(20)19-12-16(4,5)10-9-13(19)11-17(6,7)18-8/h13,18H,9-12H2,1-8H3. The van der Waals surface area contributed by atoms with Crippen LogP contribution < -0.4 is 5.32 Å². The second-order valence-corrected chi connectivity index (χ2v) is 8.80. The van der Waals surface area contributed by atoms with E-state index in [9.17, 15) is 4.79 Å². The number of carbonyl (C=O) groups excluding carboxylic acids is 1. The molecule has 1 fully saturated rings. The second-order valence-electron chi connectivity index (χ2n) is 8.80. The minimum atomic E-state index is -0.443. The van der Waals surface area contributed by atoms with Crippen molar-refractivity contribution in [1.82, 2.24) is 10.2 Å². The SMILES string of the molecule is CNC(C)(C)CC1CCC(C)(C)CN1C(=O)OC(C)(C)C. The van der Waals surface area contributed by atoms with Gasteiger partial charge in [0.05, 0.1) is 0 Å². The van der Waals surface area contributed by atoms with Crippen LogP contribution >= 0.6 is 0 Å². The lowest BCUT2D eigenvalue weighted by Gasteiger charge is -2.46. The summed E-state index contributed by atoms with van der Waals surface area (Å²) in [5.74, 6) is 0. The molecule has 4 nitrogen and oxygen atoms in total. The van der Waals surface area contributed by atoms with Gasteiger partial charge in [-0.2, -0.15) is 0 Å². The molecular weight excluding hydrogens is 264 g/mol. The summed E-state index contributed by atoms with van der Waals surface area (Å²) in [6.07, 6.45) is 2.96. The first-order valence-corrected chi connectivity index (χ1v) is 8.04. The third kappa shape index (κ3) is 5.85. The van der Waals surface area contributed by atoms with Crippen molar-refractivity contribution in [2.75, 3.05) is 13.6 Å². The molecule has 0 aromatic carbocycles. The van der Waals surface area contributed by atoms with Gasteiger partial charge in [0.25, 0.3) is 0 Å². The summed E-state index contributed by atoms with van der Waals surface area (Å²) in [6.45, 7) is 15.4. The van der Waals surface area contributed by atoms with Crippen molar-refractivity contribution in [2.24, 2.45) is 5.41 Å². The maximum Gasteiger partial charge on any atom is 0.410 e. The number of carbonyl (C=O) groups is 1. The third-order valence-electron chi connectivity index (χ3n) is 4.24. The Morgan fingerprint density at radius 3 is 2.33 bits per heavy atom. The van der Waals surface area contributed by atoms with Crippen molar-refractivity contribution in [3.05, 3.63) is 0 Å². The van der Waals surface area contributed by atoms with E-state index in [0.29, 0.717) is 0 Å². The van der Waals surface area contributed by atoms with E-state index in [2.05, 4.69) is 33.0 Å². The van der Waals surface area contributed by atoms with E-state index in [1.807, 2.05) is 32.7 Å². The Kier molecular flexibility index (Phi) is 5.36. The number of ether oxygens (including phenoxy) is 1. The quantitative estimate of drug-likeness (QED) is 0.861.